The molecule has 0 aliphatic heterocycles. The lowest BCUT2D eigenvalue weighted by atomic mass is 9.79. The number of rotatable bonds is 8. The third kappa shape index (κ3) is 4.88. The van der Waals surface area contributed by atoms with Gasteiger partial charge in [-0.3, -0.25) is 9.69 Å². The normalized spacial score (nSPS) is 24.4. The first-order chi connectivity index (χ1) is 9.15. The van der Waals surface area contributed by atoms with Gasteiger partial charge in [-0.15, -0.1) is 0 Å². The van der Waals surface area contributed by atoms with Crippen LogP contribution in [0.2, 0.25) is 0 Å². The zero-order valence-corrected chi connectivity index (χ0v) is 12.9. The maximum atomic E-state index is 12.1. The monoisotopic (exact) mass is 269 g/mol. The predicted octanol–water partition coefficient (Wildman–Crippen LogP) is 2.86. The van der Waals surface area contributed by atoms with E-state index in [0.29, 0.717) is 18.4 Å². The van der Waals surface area contributed by atoms with Crippen LogP contribution in [-0.4, -0.2) is 41.5 Å². The highest BCUT2D eigenvalue weighted by molar-refractivity contribution is 5.81. The van der Waals surface area contributed by atoms with Gasteiger partial charge in [0.1, 0.15) is 5.78 Å². The molecule has 3 nitrogen and oxygen atoms in total. The Kier molecular flexibility index (Phi) is 7.62. The van der Waals surface area contributed by atoms with Crippen molar-refractivity contribution >= 4 is 5.78 Å². The van der Waals surface area contributed by atoms with Gasteiger partial charge in [0.25, 0.3) is 0 Å². The summed E-state index contributed by atoms with van der Waals surface area (Å²) in [6, 6.07) is 0.502. The highest BCUT2D eigenvalue weighted by Gasteiger charge is 2.30. The molecule has 1 aliphatic carbocycles. The Labute approximate surface area is 118 Å². The Balaban J connectivity index is 2.62. The molecule has 1 saturated carbocycles. The number of aliphatic hydroxyl groups excluding tert-OH is 1. The van der Waals surface area contributed by atoms with Crippen LogP contribution in [0, 0.1) is 11.8 Å². The van der Waals surface area contributed by atoms with Crippen LogP contribution in [0.25, 0.3) is 0 Å². The lowest BCUT2D eigenvalue weighted by Gasteiger charge is -2.35. The maximum Gasteiger partial charge on any atom is 0.137 e. The van der Waals surface area contributed by atoms with Crippen molar-refractivity contribution in [3.05, 3.63) is 0 Å². The summed E-state index contributed by atoms with van der Waals surface area (Å²) in [5.41, 5.74) is 0. The fourth-order valence-corrected chi connectivity index (χ4v) is 3.39. The summed E-state index contributed by atoms with van der Waals surface area (Å²) in [7, 11) is 0. The molecule has 0 saturated heterocycles. The standard InChI is InChI=1S/C16H31NO2/c1-4-13-7-8-16(19)14(11-13)12-17(9-10-18)15(5-2)6-3/h13-15,18H,4-12H2,1-3H3. The third-order valence-corrected chi connectivity index (χ3v) is 4.75. The molecule has 112 valence electrons. The summed E-state index contributed by atoms with van der Waals surface area (Å²) < 4.78 is 0. The largest absolute Gasteiger partial charge is 0.395 e. The molecule has 3 heteroatoms. The summed E-state index contributed by atoms with van der Waals surface area (Å²) in [6.07, 6.45) is 6.27. The van der Waals surface area contributed by atoms with Crippen LogP contribution in [0.3, 0.4) is 0 Å². The second-order valence-corrected chi connectivity index (χ2v) is 5.90. The van der Waals surface area contributed by atoms with Crippen LogP contribution < -0.4 is 0 Å². The van der Waals surface area contributed by atoms with Crippen LogP contribution in [0.4, 0.5) is 0 Å². The van der Waals surface area contributed by atoms with E-state index >= 15 is 0 Å². The van der Waals surface area contributed by atoms with E-state index in [4.69, 9.17) is 0 Å². The quantitative estimate of drug-likeness (QED) is 0.736. The molecule has 0 aromatic rings. The molecule has 0 amide bonds. The van der Waals surface area contributed by atoms with Crippen LogP contribution in [0.15, 0.2) is 0 Å². The van der Waals surface area contributed by atoms with E-state index in [1.165, 1.54) is 6.42 Å². The van der Waals surface area contributed by atoms with Gasteiger partial charge in [-0.1, -0.05) is 27.2 Å². The maximum absolute atomic E-state index is 12.1. The van der Waals surface area contributed by atoms with Crippen molar-refractivity contribution in [2.75, 3.05) is 19.7 Å². The molecule has 0 spiro atoms. The van der Waals surface area contributed by atoms with Crippen LogP contribution in [0.1, 0.15) is 59.3 Å². The molecule has 19 heavy (non-hydrogen) atoms. The van der Waals surface area contributed by atoms with Gasteiger partial charge >= 0.3 is 0 Å². The second kappa shape index (κ2) is 8.70. The highest BCUT2D eigenvalue weighted by Crippen LogP contribution is 2.29. The van der Waals surface area contributed by atoms with Gasteiger partial charge in [0, 0.05) is 31.5 Å². The molecular weight excluding hydrogens is 238 g/mol. The van der Waals surface area contributed by atoms with Crippen LogP contribution in [-0.2, 0) is 4.79 Å². The molecule has 1 rings (SSSR count). The van der Waals surface area contributed by atoms with E-state index in [0.717, 1.165) is 44.6 Å². The molecule has 0 bridgehead atoms. The molecule has 0 radical (unpaired) electrons. The Hall–Kier alpha value is -0.410. The average molecular weight is 269 g/mol. The van der Waals surface area contributed by atoms with Gasteiger partial charge in [-0.2, -0.15) is 0 Å². The van der Waals surface area contributed by atoms with Crippen molar-refractivity contribution in [3.8, 4) is 0 Å². The minimum absolute atomic E-state index is 0.189. The van der Waals surface area contributed by atoms with Crippen LogP contribution >= 0.6 is 0 Å². The van der Waals surface area contributed by atoms with Gasteiger partial charge in [0.05, 0.1) is 6.61 Å². The number of Topliss-reactive ketones (excluding diaryl/α,β-unsaturated/α-hetero) is 1. The Morgan fingerprint density at radius 1 is 1.32 bits per heavy atom. The molecule has 1 aliphatic rings. The van der Waals surface area contributed by atoms with Crippen molar-refractivity contribution in [2.24, 2.45) is 11.8 Å². The van der Waals surface area contributed by atoms with E-state index < -0.39 is 0 Å². The molecule has 2 unspecified atom stereocenters. The first kappa shape index (κ1) is 16.6. The third-order valence-electron chi connectivity index (χ3n) is 4.75. The van der Waals surface area contributed by atoms with Gasteiger partial charge < -0.3 is 5.11 Å². The Morgan fingerprint density at radius 3 is 2.53 bits per heavy atom. The highest BCUT2D eigenvalue weighted by atomic mass is 16.3. The fraction of sp³-hybridized carbons (Fsp3) is 0.938. The lowest BCUT2D eigenvalue weighted by molar-refractivity contribution is -0.126. The summed E-state index contributed by atoms with van der Waals surface area (Å²) in [5, 5.41) is 9.24. The van der Waals surface area contributed by atoms with Crippen molar-refractivity contribution in [3.63, 3.8) is 0 Å². The lowest BCUT2D eigenvalue weighted by Crippen LogP contribution is -2.43. The topological polar surface area (TPSA) is 40.5 Å². The predicted molar refractivity (Wildman–Crippen MR) is 79.2 cm³/mol. The van der Waals surface area contributed by atoms with Gasteiger partial charge in [-0.25, -0.2) is 0 Å². The van der Waals surface area contributed by atoms with Crippen molar-refractivity contribution < 1.29 is 9.90 Å². The number of carbonyl (C=O) groups is 1. The summed E-state index contributed by atoms with van der Waals surface area (Å²) >= 11 is 0. The summed E-state index contributed by atoms with van der Waals surface area (Å²) in [6.45, 7) is 8.35. The van der Waals surface area contributed by atoms with E-state index in [-0.39, 0.29) is 12.5 Å². The molecule has 2 atom stereocenters. The molecule has 0 aromatic carbocycles. The second-order valence-electron chi connectivity index (χ2n) is 5.90. The summed E-state index contributed by atoms with van der Waals surface area (Å²) in [4.78, 5) is 14.4. The van der Waals surface area contributed by atoms with Crippen molar-refractivity contribution in [1.82, 2.24) is 4.90 Å². The first-order valence-electron chi connectivity index (χ1n) is 8.03. The molecule has 0 aromatic heterocycles. The number of aliphatic hydroxyl groups is 1. The molecular formula is C16H31NO2. The number of hydrogen-bond donors (Lipinski definition) is 1. The zero-order chi connectivity index (χ0) is 14.3. The fourth-order valence-electron chi connectivity index (χ4n) is 3.39. The average Bonchev–Trinajstić information content (AvgIpc) is 2.42. The molecule has 1 fully saturated rings. The van der Waals surface area contributed by atoms with E-state index in [1.807, 2.05) is 0 Å². The number of ketones is 1. The number of nitrogens with zero attached hydrogens (tertiary/aromatic N) is 1. The van der Waals surface area contributed by atoms with E-state index in [1.54, 1.807) is 0 Å². The minimum Gasteiger partial charge on any atom is -0.395 e. The minimum atomic E-state index is 0.189. The van der Waals surface area contributed by atoms with Gasteiger partial charge in [-0.05, 0) is 31.6 Å². The van der Waals surface area contributed by atoms with Crippen molar-refractivity contribution in [2.45, 2.75) is 65.3 Å². The van der Waals surface area contributed by atoms with Crippen LogP contribution in [0.5, 0.6) is 0 Å². The Bertz CT molecular complexity index is 263. The Morgan fingerprint density at radius 2 is 2.00 bits per heavy atom. The van der Waals surface area contributed by atoms with Crippen molar-refractivity contribution in [1.29, 1.82) is 0 Å². The van der Waals surface area contributed by atoms with Gasteiger partial charge in [0.2, 0.25) is 0 Å². The number of carbonyl (C=O) groups excluding carboxylic acids is 1. The molecule has 0 heterocycles. The SMILES string of the molecule is CCC1CCC(=O)C(CN(CCO)C(CC)CC)C1. The summed E-state index contributed by atoms with van der Waals surface area (Å²) in [5.74, 6) is 1.37. The smallest absolute Gasteiger partial charge is 0.137 e. The first-order valence-corrected chi connectivity index (χ1v) is 8.03. The van der Waals surface area contributed by atoms with E-state index in [2.05, 4.69) is 25.7 Å². The molecule has 1 N–H and O–H groups in total. The zero-order valence-electron chi connectivity index (χ0n) is 12.9. The van der Waals surface area contributed by atoms with E-state index in [9.17, 15) is 9.90 Å². The number of hydrogen-bond acceptors (Lipinski definition) is 3. The van der Waals surface area contributed by atoms with Gasteiger partial charge in [0.15, 0.2) is 0 Å².